The third kappa shape index (κ3) is 2.37. The number of nitrogens with zero attached hydrogens (tertiary/aromatic N) is 1. The van der Waals surface area contributed by atoms with Gasteiger partial charge in [-0.1, -0.05) is 11.6 Å². The van der Waals surface area contributed by atoms with E-state index in [9.17, 15) is 9.59 Å². The van der Waals surface area contributed by atoms with E-state index < -0.39 is 5.97 Å². The number of rotatable bonds is 3. The molecule has 6 heteroatoms. The molecule has 0 aliphatic rings. The van der Waals surface area contributed by atoms with E-state index in [0.717, 1.165) is 0 Å². The summed E-state index contributed by atoms with van der Waals surface area (Å²) in [7, 11) is 2.65. The summed E-state index contributed by atoms with van der Waals surface area (Å²) in [5.74, 6) is -0.469. The number of carbonyl (C=O) groups is 2. The number of ether oxygens (including phenoxy) is 2. The van der Waals surface area contributed by atoms with E-state index in [-0.39, 0.29) is 11.4 Å². The molecule has 0 spiro atoms. The molecule has 0 atom stereocenters. The lowest BCUT2D eigenvalue weighted by Crippen LogP contribution is -2.06. The van der Waals surface area contributed by atoms with Gasteiger partial charge in [-0.05, 0) is 18.2 Å². The second-order valence-electron chi connectivity index (χ2n) is 3.72. The number of aromatic nitrogens is 1. The van der Waals surface area contributed by atoms with Crippen molar-refractivity contribution in [2.75, 3.05) is 14.2 Å². The number of halogens is 1. The number of benzene rings is 1. The SMILES string of the molecule is COC(=O)c1cc2cc(Cl)cc(C=O)c2nc1OC. The Hall–Kier alpha value is -2.14. The van der Waals surface area contributed by atoms with E-state index in [1.165, 1.54) is 26.4 Å². The summed E-state index contributed by atoms with van der Waals surface area (Å²) in [4.78, 5) is 26.8. The van der Waals surface area contributed by atoms with Gasteiger partial charge in [0.2, 0.25) is 5.88 Å². The number of aldehydes is 1. The second-order valence-corrected chi connectivity index (χ2v) is 4.16. The highest BCUT2D eigenvalue weighted by molar-refractivity contribution is 6.31. The van der Waals surface area contributed by atoms with Gasteiger partial charge in [-0.3, -0.25) is 4.79 Å². The Bertz CT molecular complexity index is 669. The van der Waals surface area contributed by atoms with Crippen molar-refractivity contribution in [3.63, 3.8) is 0 Å². The van der Waals surface area contributed by atoms with Crippen LogP contribution >= 0.6 is 11.6 Å². The van der Waals surface area contributed by atoms with Crippen LogP contribution in [0.2, 0.25) is 5.02 Å². The molecule has 1 aromatic carbocycles. The van der Waals surface area contributed by atoms with E-state index in [2.05, 4.69) is 9.72 Å². The molecular weight excluding hydrogens is 270 g/mol. The molecule has 2 rings (SSSR count). The number of hydrogen-bond donors (Lipinski definition) is 0. The predicted octanol–water partition coefficient (Wildman–Crippen LogP) is 2.50. The predicted molar refractivity (Wildman–Crippen MR) is 70.0 cm³/mol. The second kappa shape index (κ2) is 5.24. The quantitative estimate of drug-likeness (QED) is 0.638. The van der Waals surface area contributed by atoms with Gasteiger partial charge in [0.05, 0.1) is 19.7 Å². The molecule has 0 saturated carbocycles. The van der Waals surface area contributed by atoms with Crippen LogP contribution in [-0.2, 0) is 4.74 Å². The maximum Gasteiger partial charge on any atom is 0.343 e. The summed E-state index contributed by atoms with van der Waals surface area (Å²) in [5, 5.41) is 0.952. The summed E-state index contributed by atoms with van der Waals surface area (Å²) >= 11 is 5.91. The fraction of sp³-hybridized carbons (Fsp3) is 0.154. The molecule has 0 unspecified atom stereocenters. The molecule has 0 amide bonds. The first kappa shape index (κ1) is 13.3. The fourth-order valence-electron chi connectivity index (χ4n) is 1.76. The van der Waals surface area contributed by atoms with Crippen molar-refractivity contribution < 1.29 is 19.1 Å². The van der Waals surface area contributed by atoms with Gasteiger partial charge in [0.15, 0.2) is 6.29 Å². The maximum absolute atomic E-state index is 11.6. The van der Waals surface area contributed by atoms with Crippen LogP contribution in [-0.4, -0.2) is 31.5 Å². The Kier molecular flexibility index (Phi) is 3.66. The lowest BCUT2D eigenvalue weighted by Gasteiger charge is -2.09. The zero-order valence-corrected chi connectivity index (χ0v) is 11.0. The van der Waals surface area contributed by atoms with Gasteiger partial charge in [0.25, 0.3) is 0 Å². The lowest BCUT2D eigenvalue weighted by molar-refractivity contribution is 0.0596. The average molecular weight is 280 g/mol. The monoisotopic (exact) mass is 279 g/mol. The van der Waals surface area contributed by atoms with Crippen LogP contribution < -0.4 is 4.74 Å². The summed E-state index contributed by atoms with van der Waals surface area (Å²) in [6.07, 6.45) is 0.651. The third-order valence-electron chi connectivity index (χ3n) is 2.60. The Morgan fingerprint density at radius 1 is 1.32 bits per heavy atom. The molecule has 1 heterocycles. The van der Waals surface area contributed by atoms with Crippen LogP contribution in [0, 0.1) is 0 Å². The van der Waals surface area contributed by atoms with E-state index in [1.54, 1.807) is 6.07 Å². The van der Waals surface area contributed by atoms with Crippen molar-refractivity contribution in [2.24, 2.45) is 0 Å². The van der Waals surface area contributed by atoms with Crippen LogP contribution in [0.4, 0.5) is 0 Å². The Balaban J connectivity index is 2.80. The minimum Gasteiger partial charge on any atom is -0.480 e. The summed E-state index contributed by atoms with van der Waals surface area (Å²) in [6.45, 7) is 0. The van der Waals surface area contributed by atoms with Gasteiger partial charge < -0.3 is 9.47 Å². The Morgan fingerprint density at radius 2 is 2.05 bits per heavy atom. The van der Waals surface area contributed by atoms with Crippen molar-refractivity contribution >= 4 is 34.8 Å². The van der Waals surface area contributed by atoms with Crippen molar-refractivity contribution in [1.29, 1.82) is 0 Å². The van der Waals surface area contributed by atoms with Crippen LogP contribution in [0.5, 0.6) is 5.88 Å². The highest BCUT2D eigenvalue weighted by Crippen LogP contribution is 2.27. The lowest BCUT2D eigenvalue weighted by atomic mass is 10.1. The van der Waals surface area contributed by atoms with Crippen molar-refractivity contribution in [3.8, 4) is 5.88 Å². The van der Waals surface area contributed by atoms with Gasteiger partial charge in [0, 0.05) is 16.0 Å². The zero-order valence-electron chi connectivity index (χ0n) is 10.3. The Morgan fingerprint density at radius 3 is 2.63 bits per heavy atom. The van der Waals surface area contributed by atoms with E-state index in [1.807, 2.05) is 0 Å². The van der Waals surface area contributed by atoms with Crippen LogP contribution in [0.15, 0.2) is 18.2 Å². The smallest absolute Gasteiger partial charge is 0.343 e. The molecule has 2 aromatic rings. The van der Waals surface area contributed by atoms with Gasteiger partial charge in [-0.15, -0.1) is 0 Å². The van der Waals surface area contributed by atoms with Gasteiger partial charge in [-0.2, -0.15) is 0 Å². The molecule has 0 aliphatic heterocycles. The average Bonchev–Trinajstić information content (AvgIpc) is 2.43. The minimum atomic E-state index is -0.570. The topological polar surface area (TPSA) is 65.5 Å². The maximum atomic E-state index is 11.6. The first-order chi connectivity index (χ1) is 9.10. The van der Waals surface area contributed by atoms with Gasteiger partial charge >= 0.3 is 5.97 Å². The molecule has 0 aliphatic carbocycles. The van der Waals surface area contributed by atoms with Crippen LogP contribution in [0.1, 0.15) is 20.7 Å². The van der Waals surface area contributed by atoms with Crippen molar-refractivity contribution in [1.82, 2.24) is 4.98 Å². The zero-order chi connectivity index (χ0) is 14.0. The largest absolute Gasteiger partial charge is 0.480 e. The molecule has 0 radical (unpaired) electrons. The number of methoxy groups -OCH3 is 2. The summed E-state index contributed by atoms with van der Waals surface area (Å²) in [5.41, 5.74) is 0.928. The number of fused-ring (bicyclic) bond motifs is 1. The molecular formula is C13H10ClNO4. The molecule has 0 fully saturated rings. The summed E-state index contributed by atoms with van der Waals surface area (Å²) < 4.78 is 9.70. The van der Waals surface area contributed by atoms with Gasteiger partial charge in [0.1, 0.15) is 5.56 Å². The number of carbonyl (C=O) groups excluding carboxylic acids is 2. The van der Waals surface area contributed by atoms with E-state index in [0.29, 0.717) is 27.8 Å². The van der Waals surface area contributed by atoms with E-state index >= 15 is 0 Å². The molecule has 98 valence electrons. The normalized spacial score (nSPS) is 10.3. The number of esters is 1. The number of hydrogen-bond acceptors (Lipinski definition) is 5. The molecule has 0 saturated heterocycles. The van der Waals surface area contributed by atoms with Gasteiger partial charge in [-0.25, -0.2) is 9.78 Å². The highest BCUT2D eigenvalue weighted by atomic mass is 35.5. The Labute approximate surface area is 114 Å². The highest BCUT2D eigenvalue weighted by Gasteiger charge is 2.17. The molecule has 0 N–H and O–H groups in total. The van der Waals surface area contributed by atoms with Crippen LogP contribution in [0.3, 0.4) is 0 Å². The molecule has 19 heavy (non-hydrogen) atoms. The van der Waals surface area contributed by atoms with Crippen molar-refractivity contribution in [2.45, 2.75) is 0 Å². The third-order valence-corrected chi connectivity index (χ3v) is 2.82. The first-order valence-corrected chi connectivity index (χ1v) is 5.70. The fourth-order valence-corrected chi connectivity index (χ4v) is 2.00. The van der Waals surface area contributed by atoms with Crippen LogP contribution in [0.25, 0.3) is 10.9 Å². The standard InChI is InChI=1S/C13H10ClNO4/c1-18-12-10(13(17)19-2)5-7-3-9(14)4-8(6-16)11(7)15-12/h3-6H,1-2H3. The molecule has 5 nitrogen and oxygen atoms in total. The molecule has 0 bridgehead atoms. The summed E-state index contributed by atoms with van der Waals surface area (Å²) in [6, 6.07) is 4.65. The van der Waals surface area contributed by atoms with E-state index in [4.69, 9.17) is 16.3 Å². The molecule has 1 aromatic heterocycles. The van der Waals surface area contributed by atoms with Crippen molar-refractivity contribution in [3.05, 3.63) is 34.3 Å². The minimum absolute atomic E-state index is 0.102. The number of pyridine rings is 1. The first-order valence-electron chi connectivity index (χ1n) is 5.32.